The summed E-state index contributed by atoms with van der Waals surface area (Å²) in [5.74, 6) is 1.08. The van der Waals surface area contributed by atoms with Crippen LogP contribution in [0.25, 0.3) is 0 Å². The molecule has 0 amide bonds. The molecule has 2 rings (SSSR count). The fourth-order valence-electron chi connectivity index (χ4n) is 2.60. The van der Waals surface area contributed by atoms with E-state index < -0.39 is 8.32 Å². The average Bonchev–Trinajstić information content (AvgIpc) is 2.75. The highest BCUT2D eigenvalue weighted by atomic mass is 28.4. The van der Waals surface area contributed by atoms with Crippen LogP contribution in [0.2, 0.25) is 18.1 Å². The van der Waals surface area contributed by atoms with Gasteiger partial charge in [0.15, 0.2) is 14.1 Å². The minimum Gasteiger partial charge on any atom is -0.408 e. The van der Waals surface area contributed by atoms with Crippen molar-refractivity contribution in [2.24, 2.45) is 0 Å². The monoisotopic (exact) mass is 322 g/mol. The van der Waals surface area contributed by atoms with Crippen molar-refractivity contribution < 1.29 is 9.22 Å². The minimum atomic E-state index is -1.87. The van der Waals surface area contributed by atoms with Crippen molar-refractivity contribution in [3.8, 4) is 0 Å². The highest BCUT2D eigenvalue weighted by Gasteiger charge is 2.41. The first-order valence-electron chi connectivity index (χ1n) is 8.45. The number of imidazole rings is 1. The summed E-state index contributed by atoms with van der Waals surface area (Å²) >= 11 is 0. The predicted molar refractivity (Wildman–Crippen MR) is 91.8 cm³/mol. The number of hydrogen-bond acceptors (Lipinski definition) is 3. The van der Waals surface area contributed by atoms with Gasteiger partial charge < -0.3 is 9.41 Å². The maximum Gasteiger partial charge on any atom is 0.192 e. The van der Waals surface area contributed by atoms with Crippen LogP contribution in [-0.2, 0) is 10.8 Å². The Morgan fingerprint density at radius 1 is 1.36 bits per heavy atom. The molecule has 0 bridgehead atoms. The second-order valence-corrected chi connectivity index (χ2v) is 12.6. The summed E-state index contributed by atoms with van der Waals surface area (Å²) in [6.45, 7) is 13.4. The lowest BCUT2D eigenvalue weighted by atomic mass is 10.2. The number of rotatable bonds is 4. The number of H-pyrrole nitrogens is 1. The van der Waals surface area contributed by atoms with E-state index in [-0.39, 0.29) is 16.9 Å². The first kappa shape index (κ1) is 17.4. The Bertz CT molecular complexity index is 543. The third kappa shape index (κ3) is 3.51. The number of hydrogen-bond donors (Lipinski definition) is 1. The highest BCUT2D eigenvalue weighted by Crippen LogP contribution is 2.42. The van der Waals surface area contributed by atoms with Gasteiger partial charge in [0.05, 0.1) is 11.8 Å². The zero-order chi connectivity index (χ0) is 16.5. The van der Waals surface area contributed by atoms with Gasteiger partial charge in [-0.05, 0) is 37.4 Å². The lowest BCUT2D eigenvalue weighted by Crippen LogP contribution is -2.42. The van der Waals surface area contributed by atoms with Crippen molar-refractivity contribution in [1.29, 1.82) is 0 Å². The average molecular weight is 323 g/mol. The van der Waals surface area contributed by atoms with Crippen LogP contribution < -0.4 is 0 Å². The number of aromatic amines is 1. The van der Waals surface area contributed by atoms with Gasteiger partial charge in [-0.3, -0.25) is 4.79 Å². The van der Waals surface area contributed by atoms with E-state index in [0.717, 1.165) is 37.2 Å². The molecule has 5 heteroatoms. The molecule has 0 spiro atoms. The van der Waals surface area contributed by atoms with E-state index in [1.54, 1.807) is 0 Å². The number of nitrogens with zero attached hydrogens (tertiary/aromatic N) is 1. The van der Waals surface area contributed by atoms with Crippen LogP contribution in [0.3, 0.4) is 0 Å². The molecular formula is C17H30N2O2Si. The molecule has 1 N–H and O–H groups in total. The Kier molecular flexibility index (Phi) is 4.97. The van der Waals surface area contributed by atoms with Gasteiger partial charge >= 0.3 is 0 Å². The van der Waals surface area contributed by atoms with E-state index in [1.807, 2.05) is 0 Å². The number of nitrogens with one attached hydrogen (secondary N) is 1. The van der Waals surface area contributed by atoms with Crippen LogP contribution in [0.4, 0.5) is 0 Å². The fraction of sp³-hybridized carbons (Fsp3) is 0.765. The summed E-state index contributed by atoms with van der Waals surface area (Å²) in [5, 5.41) is 0.162. The quantitative estimate of drug-likeness (QED) is 0.640. The SMILES string of the molecule is CCCc1nc2c([nH]1)C(O[Si](C)(C)C(C)(C)C)CCCC2=O. The minimum absolute atomic E-state index is 0.0135. The summed E-state index contributed by atoms with van der Waals surface area (Å²) in [6, 6.07) is 0. The number of aromatic nitrogens is 2. The van der Waals surface area contributed by atoms with Crippen LogP contribution in [0.5, 0.6) is 0 Å². The van der Waals surface area contributed by atoms with Crippen LogP contribution in [-0.4, -0.2) is 24.1 Å². The van der Waals surface area contributed by atoms with E-state index in [1.165, 1.54) is 0 Å². The molecule has 124 valence electrons. The highest BCUT2D eigenvalue weighted by molar-refractivity contribution is 6.74. The summed E-state index contributed by atoms with van der Waals surface area (Å²) in [6.07, 6.45) is 4.26. The first-order valence-corrected chi connectivity index (χ1v) is 11.4. The van der Waals surface area contributed by atoms with Crippen LogP contribution in [0, 0.1) is 0 Å². The molecule has 1 aliphatic rings. The lowest BCUT2D eigenvalue weighted by Gasteiger charge is -2.39. The summed E-state index contributed by atoms with van der Waals surface area (Å²) < 4.78 is 6.60. The maximum atomic E-state index is 12.3. The largest absolute Gasteiger partial charge is 0.408 e. The molecule has 4 nitrogen and oxygen atoms in total. The summed E-state index contributed by atoms with van der Waals surface area (Å²) in [5.41, 5.74) is 1.56. The Morgan fingerprint density at radius 2 is 2.05 bits per heavy atom. The van der Waals surface area contributed by atoms with Crippen molar-refractivity contribution in [3.05, 3.63) is 17.2 Å². The maximum absolute atomic E-state index is 12.3. The molecule has 22 heavy (non-hydrogen) atoms. The molecule has 0 aromatic carbocycles. The predicted octanol–water partition coefficient (Wildman–Crippen LogP) is 4.79. The lowest BCUT2D eigenvalue weighted by molar-refractivity contribution is 0.0977. The van der Waals surface area contributed by atoms with E-state index >= 15 is 0 Å². The van der Waals surface area contributed by atoms with Gasteiger partial charge in [-0.1, -0.05) is 27.7 Å². The fourth-order valence-corrected chi connectivity index (χ4v) is 3.90. The van der Waals surface area contributed by atoms with E-state index in [2.05, 4.69) is 50.8 Å². The number of Topliss-reactive ketones (excluding diaryl/α,β-unsaturated/α-hetero) is 1. The Balaban J connectivity index is 2.33. The van der Waals surface area contributed by atoms with Crippen molar-refractivity contribution in [3.63, 3.8) is 0 Å². The van der Waals surface area contributed by atoms with Gasteiger partial charge in [-0.25, -0.2) is 4.98 Å². The summed E-state index contributed by atoms with van der Waals surface area (Å²) in [7, 11) is -1.87. The standard InChI is InChI=1S/C17H30N2O2Si/c1-7-9-14-18-15-12(20)10-8-11-13(16(15)19-14)21-22(5,6)17(2,3)4/h13H,7-11H2,1-6H3,(H,18,19). The third-order valence-electron chi connectivity index (χ3n) is 4.97. The number of carbonyl (C=O) groups excluding carboxylic acids is 1. The molecule has 0 fully saturated rings. The molecule has 1 aliphatic carbocycles. The number of aryl methyl sites for hydroxylation is 1. The van der Waals surface area contributed by atoms with Gasteiger partial charge in [0.1, 0.15) is 11.5 Å². The van der Waals surface area contributed by atoms with Crippen molar-refractivity contribution >= 4 is 14.1 Å². The molecule has 0 saturated heterocycles. The molecule has 1 unspecified atom stereocenters. The molecular weight excluding hydrogens is 292 g/mol. The molecule has 1 aromatic heterocycles. The number of ketones is 1. The Morgan fingerprint density at radius 3 is 2.64 bits per heavy atom. The first-order chi connectivity index (χ1) is 10.2. The van der Waals surface area contributed by atoms with Gasteiger partial charge in [0.25, 0.3) is 0 Å². The zero-order valence-corrected chi connectivity index (χ0v) is 15.9. The molecule has 0 saturated carbocycles. The van der Waals surface area contributed by atoms with E-state index in [4.69, 9.17) is 4.43 Å². The van der Waals surface area contributed by atoms with E-state index in [9.17, 15) is 4.79 Å². The van der Waals surface area contributed by atoms with Gasteiger partial charge in [-0.15, -0.1) is 0 Å². The van der Waals surface area contributed by atoms with Crippen LogP contribution >= 0.6 is 0 Å². The van der Waals surface area contributed by atoms with Gasteiger partial charge in [-0.2, -0.15) is 0 Å². The second kappa shape index (κ2) is 6.28. The molecule has 1 aromatic rings. The molecule has 1 heterocycles. The zero-order valence-electron chi connectivity index (χ0n) is 14.9. The van der Waals surface area contributed by atoms with Gasteiger partial charge in [0.2, 0.25) is 0 Å². The normalized spacial score (nSPS) is 19.9. The topological polar surface area (TPSA) is 55.0 Å². The van der Waals surface area contributed by atoms with Crippen LogP contribution in [0.15, 0.2) is 0 Å². The second-order valence-electron chi connectivity index (χ2n) is 7.88. The summed E-state index contributed by atoms with van der Waals surface area (Å²) in [4.78, 5) is 20.3. The number of fused-ring (bicyclic) bond motifs is 1. The van der Waals surface area contributed by atoms with E-state index in [0.29, 0.717) is 12.1 Å². The number of carbonyl (C=O) groups is 1. The molecule has 0 radical (unpaired) electrons. The third-order valence-corrected chi connectivity index (χ3v) is 9.45. The smallest absolute Gasteiger partial charge is 0.192 e. The van der Waals surface area contributed by atoms with Crippen molar-refractivity contribution in [2.75, 3.05) is 0 Å². The molecule has 1 atom stereocenters. The molecule has 0 aliphatic heterocycles. The van der Waals surface area contributed by atoms with Crippen molar-refractivity contribution in [1.82, 2.24) is 9.97 Å². The Labute approximate surface area is 135 Å². The van der Waals surface area contributed by atoms with Gasteiger partial charge in [0, 0.05) is 12.8 Å². The van der Waals surface area contributed by atoms with Crippen LogP contribution in [0.1, 0.15) is 81.5 Å². The van der Waals surface area contributed by atoms with Crippen molar-refractivity contribution in [2.45, 2.75) is 84.0 Å². The Hall–Kier alpha value is -0.943.